The molecule has 1 unspecified atom stereocenters. The van der Waals surface area contributed by atoms with Crippen LogP contribution < -0.4 is 5.32 Å². The number of imidazole rings is 1. The van der Waals surface area contributed by atoms with Crippen LogP contribution in [-0.2, 0) is 4.74 Å². The highest BCUT2D eigenvalue weighted by molar-refractivity contribution is 5.60. The Morgan fingerprint density at radius 3 is 2.75 bits per heavy atom. The summed E-state index contributed by atoms with van der Waals surface area (Å²) >= 11 is 0. The molecule has 0 amide bonds. The summed E-state index contributed by atoms with van der Waals surface area (Å²) in [5, 5.41) is 3.44. The Bertz CT molecular complexity index is 589. The second kappa shape index (κ2) is 6.09. The molecule has 0 saturated heterocycles. The van der Waals surface area contributed by atoms with Crippen molar-refractivity contribution >= 4 is 11.6 Å². The van der Waals surface area contributed by atoms with E-state index in [2.05, 4.69) is 60.0 Å². The van der Waals surface area contributed by atoms with Gasteiger partial charge in [-0.15, -0.1) is 0 Å². The molecule has 4 nitrogen and oxygen atoms in total. The van der Waals surface area contributed by atoms with Crippen molar-refractivity contribution in [3.05, 3.63) is 41.2 Å². The van der Waals surface area contributed by atoms with Gasteiger partial charge in [0.2, 0.25) is 5.95 Å². The standard InChI is InChI=1S/C16H23N3O/c1-11-7-6-8-15(14(11)4)18-16-17-12(2)9-19(16)13(3)10-20-5/h6-9,13H,10H2,1-5H3,(H,17,18). The number of ether oxygens (including phenoxy) is 1. The van der Waals surface area contributed by atoms with Crippen LogP contribution in [0.5, 0.6) is 0 Å². The molecular weight excluding hydrogens is 250 g/mol. The lowest BCUT2D eigenvalue weighted by molar-refractivity contribution is 0.163. The lowest BCUT2D eigenvalue weighted by Crippen LogP contribution is -2.13. The minimum atomic E-state index is 0.244. The molecule has 20 heavy (non-hydrogen) atoms. The summed E-state index contributed by atoms with van der Waals surface area (Å²) in [5.41, 5.74) is 4.62. The minimum Gasteiger partial charge on any atom is -0.383 e. The molecule has 2 aromatic rings. The van der Waals surface area contributed by atoms with Gasteiger partial charge in [-0.25, -0.2) is 4.98 Å². The van der Waals surface area contributed by atoms with Crippen LogP contribution in [0.15, 0.2) is 24.4 Å². The van der Waals surface area contributed by atoms with Crippen molar-refractivity contribution < 1.29 is 4.74 Å². The Morgan fingerprint density at radius 2 is 2.05 bits per heavy atom. The number of nitrogens with one attached hydrogen (secondary N) is 1. The maximum Gasteiger partial charge on any atom is 0.207 e. The molecule has 1 atom stereocenters. The van der Waals surface area contributed by atoms with Crippen LogP contribution in [0.4, 0.5) is 11.6 Å². The maximum absolute atomic E-state index is 5.24. The Hall–Kier alpha value is -1.81. The monoisotopic (exact) mass is 273 g/mol. The highest BCUT2D eigenvalue weighted by Gasteiger charge is 2.13. The first-order valence-corrected chi connectivity index (χ1v) is 6.90. The molecule has 2 rings (SSSR count). The molecule has 0 radical (unpaired) electrons. The van der Waals surface area contributed by atoms with E-state index in [1.54, 1.807) is 7.11 Å². The number of benzene rings is 1. The normalized spacial score (nSPS) is 12.4. The zero-order chi connectivity index (χ0) is 14.7. The molecule has 4 heteroatoms. The second-order valence-corrected chi connectivity index (χ2v) is 5.29. The first-order valence-electron chi connectivity index (χ1n) is 6.90. The fraction of sp³-hybridized carbons (Fsp3) is 0.438. The van der Waals surface area contributed by atoms with Crippen molar-refractivity contribution in [1.82, 2.24) is 9.55 Å². The van der Waals surface area contributed by atoms with Gasteiger partial charge < -0.3 is 14.6 Å². The van der Waals surface area contributed by atoms with Gasteiger partial charge >= 0.3 is 0 Å². The fourth-order valence-corrected chi connectivity index (χ4v) is 2.27. The van der Waals surface area contributed by atoms with Crippen LogP contribution in [0.3, 0.4) is 0 Å². The van der Waals surface area contributed by atoms with Gasteiger partial charge in [-0.05, 0) is 44.9 Å². The number of aryl methyl sites for hydroxylation is 2. The largest absolute Gasteiger partial charge is 0.383 e. The smallest absolute Gasteiger partial charge is 0.207 e. The summed E-state index contributed by atoms with van der Waals surface area (Å²) in [6, 6.07) is 6.50. The van der Waals surface area contributed by atoms with E-state index in [0.717, 1.165) is 17.3 Å². The van der Waals surface area contributed by atoms with Crippen LogP contribution in [-0.4, -0.2) is 23.3 Å². The SMILES string of the molecule is COCC(C)n1cc(C)nc1Nc1cccc(C)c1C. The van der Waals surface area contributed by atoms with Crippen LogP contribution in [0.2, 0.25) is 0 Å². The van der Waals surface area contributed by atoms with Crippen LogP contribution in [0, 0.1) is 20.8 Å². The molecule has 0 bridgehead atoms. The molecule has 0 saturated carbocycles. The van der Waals surface area contributed by atoms with E-state index in [1.165, 1.54) is 11.1 Å². The summed E-state index contributed by atoms with van der Waals surface area (Å²) in [7, 11) is 1.72. The number of nitrogens with zero attached hydrogens (tertiary/aromatic N) is 2. The second-order valence-electron chi connectivity index (χ2n) is 5.29. The summed E-state index contributed by atoms with van der Waals surface area (Å²) in [5.74, 6) is 0.862. The van der Waals surface area contributed by atoms with Gasteiger partial charge in [0.1, 0.15) is 0 Å². The number of anilines is 2. The molecule has 0 aliphatic heterocycles. The van der Waals surface area contributed by atoms with Gasteiger partial charge in [0, 0.05) is 19.0 Å². The highest BCUT2D eigenvalue weighted by Crippen LogP contribution is 2.24. The third-order valence-electron chi connectivity index (χ3n) is 3.59. The summed E-state index contributed by atoms with van der Waals surface area (Å²) in [6.07, 6.45) is 2.05. The third-order valence-corrected chi connectivity index (χ3v) is 3.59. The number of methoxy groups -OCH3 is 1. The quantitative estimate of drug-likeness (QED) is 0.901. The molecule has 0 fully saturated rings. The van der Waals surface area contributed by atoms with Crippen molar-refractivity contribution in [2.24, 2.45) is 0 Å². The van der Waals surface area contributed by atoms with Gasteiger partial charge in [-0.1, -0.05) is 12.1 Å². The average Bonchev–Trinajstić information content (AvgIpc) is 2.76. The molecule has 0 aliphatic carbocycles. The molecule has 1 heterocycles. The molecule has 0 spiro atoms. The lowest BCUT2D eigenvalue weighted by atomic mass is 10.1. The number of hydrogen-bond acceptors (Lipinski definition) is 3. The van der Waals surface area contributed by atoms with E-state index in [9.17, 15) is 0 Å². The zero-order valence-electron chi connectivity index (χ0n) is 12.9. The van der Waals surface area contributed by atoms with Crippen LogP contribution in [0.25, 0.3) is 0 Å². The maximum atomic E-state index is 5.24. The first-order chi connectivity index (χ1) is 9.52. The fourth-order valence-electron chi connectivity index (χ4n) is 2.27. The minimum absolute atomic E-state index is 0.244. The van der Waals surface area contributed by atoms with Gasteiger partial charge in [-0.3, -0.25) is 0 Å². The van der Waals surface area contributed by atoms with Crippen molar-refractivity contribution in [2.75, 3.05) is 19.0 Å². The average molecular weight is 273 g/mol. The molecular formula is C16H23N3O. The van der Waals surface area contributed by atoms with Crippen molar-refractivity contribution in [1.29, 1.82) is 0 Å². The van der Waals surface area contributed by atoms with Gasteiger partial charge in [0.05, 0.1) is 18.3 Å². The van der Waals surface area contributed by atoms with Crippen LogP contribution in [0.1, 0.15) is 29.8 Å². The third kappa shape index (κ3) is 3.02. The van der Waals surface area contributed by atoms with Crippen molar-refractivity contribution in [3.63, 3.8) is 0 Å². The predicted molar refractivity (Wildman–Crippen MR) is 82.7 cm³/mol. The van der Waals surface area contributed by atoms with E-state index in [-0.39, 0.29) is 6.04 Å². The topological polar surface area (TPSA) is 39.1 Å². The number of aromatic nitrogens is 2. The molecule has 1 aromatic carbocycles. The summed E-state index contributed by atoms with van der Waals surface area (Å²) in [6.45, 7) is 9.03. The highest BCUT2D eigenvalue weighted by atomic mass is 16.5. The Morgan fingerprint density at radius 1 is 1.30 bits per heavy atom. The first kappa shape index (κ1) is 14.6. The van der Waals surface area contributed by atoms with Crippen molar-refractivity contribution in [3.8, 4) is 0 Å². The summed E-state index contributed by atoms with van der Waals surface area (Å²) in [4.78, 5) is 4.58. The molecule has 108 valence electrons. The Kier molecular flexibility index (Phi) is 4.45. The summed E-state index contributed by atoms with van der Waals surface area (Å²) < 4.78 is 7.36. The van der Waals surface area contributed by atoms with Crippen molar-refractivity contribution in [2.45, 2.75) is 33.7 Å². The molecule has 1 N–H and O–H groups in total. The van der Waals surface area contributed by atoms with Gasteiger partial charge in [0.15, 0.2) is 0 Å². The lowest BCUT2D eigenvalue weighted by Gasteiger charge is -2.17. The number of hydrogen-bond donors (Lipinski definition) is 1. The molecule has 0 aliphatic rings. The van der Waals surface area contributed by atoms with Gasteiger partial charge in [0.25, 0.3) is 0 Å². The predicted octanol–water partition coefficient (Wildman–Crippen LogP) is 3.76. The number of rotatable bonds is 5. The Balaban J connectivity index is 2.31. The van der Waals surface area contributed by atoms with Gasteiger partial charge in [-0.2, -0.15) is 0 Å². The Labute approximate surface area is 120 Å². The van der Waals surface area contributed by atoms with E-state index in [0.29, 0.717) is 6.61 Å². The van der Waals surface area contributed by atoms with E-state index >= 15 is 0 Å². The van der Waals surface area contributed by atoms with E-state index in [4.69, 9.17) is 4.74 Å². The molecule has 1 aromatic heterocycles. The van der Waals surface area contributed by atoms with E-state index in [1.807, 2.05) is 6.92 Å². The zero-order valence-corrected chi connectivity index (χ0v) is 12.9. The van der Waals surface area contributed by atoms with Crippen LogP contribution >= 0.6 is 0 Å². The van der Waals surface area contributed by atoms with E-state index < -0.39 is 0 Å².